The Morgan fingerprint density at radius 1 is 1.47 bits per heavy atom. The second-order valence-electron chi connectivity index (χ2n) is 4.65. The lowest BCUT2D eigenvalue weighted by atomic mass is 9.97. The standard InChI is InChI=1S/C14H20N2O/c1-3-10-16(2)14(17)13-9-8-11-6-4-5-7-12(11)15-13/h4-7,13,15H,3,8-10H2,1-2H3. The molecule has 0 saturated carbocycles. The van der Waals surface area contributed by atoms with Crippen LogP contribution in [0.5, 0.6) is 0 Å². The molecule has 3 nitrogen and oxygen atoms in total. The zero-order valence-electron chi connectivity index (χ0n) is 10.6. The van der Waals surface area contributed by atoms with Crippen LogP contribution in [0.15, 0.2) is 24.3 Å². The summed E-state index contributed by atoms with van der Waals surface area (Å²) in [5.74, 6) is 0.210. The summed E-state index contributed by atoms with van der Waals surface area (Å²) >= 11 is 0. The highest BCUT2D eigenvalue weighted by atomic mass is 16.2. The predicted molar refractivity (Wildman–Crippen MR) is 70.1 cm³/mol. The van der Waals surface area contributed by atoms with E-state index in [2.05, 4.69) is 24.4 Å². The van der Waals surface area contributed by atoms with E-state index in [1.54, 1.807) is 0 Å². The fraction of sp³-hybridized carbons (Fsp3) is 0.500. The van der Waals surface area contributed by atoms with E-state index >= 15 is 0 Å². The lowest BCUT2D eigenvalue weighted by Crippen LogP contribution is -2.43. The molecule has 1 heterocycles. The largest absolute Gasteiger partial charge is 0.373 e. The number of hydrogen-bond donors (Lipinski definition) is 1. The number of nitrogens with zero attached hydrogens (tertiary/aromatic N) is 1. The molecule has 1 amide bonds. The average molecular weight is 232 g/mol. The molecule has 1 aliphatic rings. The molecule has 1 aliphatic heterocycles. The first-order valence-corrected chi connectivity index (χ1v) is 6.31. The second kappa shape index (κ2) is 5.21. The van der Waals surface area contributed by atoms with Gasteiger partial charge in [0.15, 0.2) is 0 Å². The van der Waals surface area contributed by atoms with Crippen molar-refractivity contribution in [1.82, 2.24) is 4.90 Å². The summed E-state index contributed by atoms with van der Waals surface area (Å²) in [4.78, 5) is 14.0. The Hall–Kier alpha value is -1.51. The van der Waals surface area contributed by atoms with Crippen molar-refractivity contribution >= 4 is 11.6 Å². The maximum atomic E-state index is 12.2. The zero-order valence-corrected chi connectivity index (χ0v) is 10.6. The summed E-state index contributed by atoms with van der Waals surface area (Å²) < 4.78 is 0. The molecule has 1 aromatic carbocycles. The first-order valence-electron chi connectivity index (χ1n) is 6.31. The maximum Gasteiger partial charge on any atom is 0.244 e. The number of aryl methyl sites for hydroxylation is 1. The third kappa shape index (κ3) is 2.60. The summed E-state index contributed by atoms with van der Waals surface area (Å²) in [6, 6.07) is 8.18. The molecule has 1 atom stereocenters. The normalized spacial score (nSPS) is 18.1. The van der Waals surface area contributed by atoms with Gasteiger partial charge in [0.25, 0.3) is 0 Å². The van der Waals surface area contributed by atoms with Crippen LogP contribution < -0.4 is 5.32 Å². The SMILES string of the molecule is CCCN(C)C(=O)C1CCc2ccccc2N1. The summed E-state index contributed by atoms with van der Waals surface area (Å²) in [6.07, 6.45) is 2.88. The molecule has 0 spiro atoms. The number of carbonyl (C=O) groups is 1. The molecular weight excluding hydrogens is 212 g/mol. The number of rotatable bonds is 3. The maximum absolute atomic E-state index is 12.2. The van der Waals surface area contributed by atoms with Gasteiger partial charge in [-0.1, -0.05) is 25.1 Å². The minimum Gasteiger partial charge on any atom is -0.373 e. The number of hydrogen-bond acceptors (Lipinski definition) is 2. The Morgan fingerprint density at radius 2 is 2.24 bits per heavy atom. The van der Waals surface area contributed by atoms with Crippen molar-refractivity contribution in [2.75, 3.05) is 18.9 Å². The minimum absolute atomic E-state index is 0.0542. The van der Waals surface area contributed by atoms with Crippen molar-refractivity contribution in [2.24, 2.45) is 0 Å². The molecule has 3 heteroatoms. The number of amides is 1. The van der Waals surface area contributed by atoms with E-state index in [1.807, 2.05) is 24.1 Å². The van der Waals surface area contributed by atoms with Crippen LogP contribution in [-0.2, 0) is 11.2 Å². The lowest BCUT2D eigenvalue weighted by molar-refractivity contribution is -0.130. The van der Waals surface area contributed by atoms with Crippen molar-refractivity contribution in [1.29, 1.82) is 0 Å². The fourth-order valence-corrected chi connectivity index (χ4v) is 2.34. The molecule has 2 rings (SSSR count). The van der Waals surface area contributed by atoms with Gasteiger partial charge in [0.1, 0.15) is 6.04 Å². The highest BCUT2D eigenvalue weighted by Gasteiger charge is 2.25. The van der Waals surface area contributed by atoms with Crippen molar-refractivity contribution in [3.63, 3.8) is 0 Å². The molecule has 0 aromatic heterocycles. The third-order valence-electron chi connectivity index (χ3n) is 3.28. The molecule has 92 valence electrons. The van der Waals surface area contributed by atoms with Gasteiger partial charge in [0.2, 0.25) is 5.91 Å². The van der Waals surface area contributed by atoms with Crippen LogP contribution in [0.3, 0.4) is 0 Å². The van der Waals surface area contributed by atoms with E-state index in [9.17, 15) is 4.79 Å². The first kappa shape index (κ1) is 12.0. The van der Waals surface area contributed by atoms with E-state index in [0.29, 0.717) is 0 Å². The Balaban J connectivity index is 2.05. The third-order valence-corrected chi connectivity index (χ3v) is 3.28. The Kier molecular flexibility index (Phi) is 3.67. The molecule has 0 radical (unpaired) electrons. The Morgan fingerprint density at radius 3 is 3.00 bits per heavy atom. The summed E-state index contributed by atoms with van der Waals surface area (Å²) in [7, 11) is 1.88. The first-order chi connectivity index (χ1) is 8.22. The number of carbonyl (C=O) groups excluding carboxylic acids is 1. The van der Waals surface area contributed by atoms with Crippen LogP contribution in [0, 0.1) is 0 Å². The fourth-order valence-electron chi connectivity index (χ4n) is 2.34. The number of nitrogens with one attached hydrogen (secondary N) is 1. The minimum atomic E-state index is -0.0542. The van der Waals surface area contributed by atoms with Crippen LogP contribution in [0.25, 0.3) is 0 Å². The summed E-state index contributed by atoms with van der Waals surface area (Å²) in [6.45, 7) is 2.92. The number of likely N-dealkylation sites (N-methyl/N-ethyl adjacent to an activating group) is 1. The highest BCUT2D eigenvalue weighted by Crippen LogP contribution is 2.24. The van der Waals surface area contributed by atoms with E-state index in [1.165, 1.54) is 5.56 Å². The highest BCUT2D eigenvalue weighted by molar-refractivity contribution is 5.85. The van der Waals surface area contributed by atoms with Gasteiger partial charge in [-0.05, 0) is 30.9 Å². The van der Waals surface area contributed by atoms with Gasteiger partial charge in [0, 0.05) is 19.3 Å². The van der Waals surface area contributed by atoms with Gasteiger partial charge < -0.3 is 10.2 Å². The van der Waals surface area contributed by atoms with Crippen LogP contribution >= 0.6 is 0 Å². The van der Waals surface area contributed by atoms with Crippen molar-refractivity contribution in [3.05, 3.63) is 29.8 Å². The predicted octanol–water partition coefficient (Wildman–Crippen LogP) is 2.28. The van der Waals surface area contributed by atoms with Crippen molar-refractivity contribution in [2.45, 2.75) is 32.2 Å². The molecule has 17 heavy (non-hydrogen) atoms. The smallest absolute Gasteiger partial charge is 0.244 e. The van der Waals surface area contributed by atoms with Crippen molar-refractivity contribution < 1.29 is 4.79 Å². The summed E-state index contributed by atoms with van der Waals surface area (Å²) in [5.41, 5.74) is 2.43. The average Bonchev–Trinajstić information content (AvgIpc) is 2.37. The van der Waals surface area contributed by atoms with Gasteiger partial charge in [0.05, 0.1) is 0 Å². The van der Waals surface area contributed by atoms with E-state index in [0.717, 1.165) is 31.5 Å². The molecule has 0 bridgehead atoms. The molecular formula is C14H20N2O. The van der Waals surface area contributed by atoms with Gasteiger partial charge in [-0.15, -0.1) is 0 Å². The monoisotopic (exact) mass is 232 g/mol. The number of para-hydroxylation sites is 1. The van der Waals surface area contributed by atoms with Crippen LogP contribution in [0.4, 0.5) is 5.69 Å². The van der Waals surface area contributed by atoms with Gasteiger partial charge in [-0.2, -0.15) is 0 Å². The van der Waals surface area contributed by atoms with Gasteiger partial charge >= 0.3 is 0 Å². The number of anilines is 1. The molecule has 0 saturated heterocycles. The number of benzene rings is 1. The molecule has 0 aliphatic carbocycles. The molecule has 1 N–H and O–H groups in total. The van der Waals surface area contributed by atoms with E-state index in [-0.39, 0.29) is 11.9 Å². The second-order valence-corrected chi connectivity index (χ2v) is 4.65. The molecule has 0 fully saturated rings. The van der Waals surface area contributed by atoms with E-state index in [4.69, 9.17) is 0 Å². The molecule has 1 aromatic rings. The Bertz CT molecular complexity index is 403. The topological polar surface area (TPSA) is 32.3 Å². The summed E-state index contributed by atoms with van der Waals surface area (Å²) in [5, 5.41) is 3.34. The quantitative estimate of drug-likeness (QED) is 0.867. The van der Waals surface area contributed by atoms with Gasteiger partial charge in [-0.25, -0.2) is 0 Å². The Labute approximate surface area is 103 Å². The van der Waals surface area contributed by atoms with Crippen LogP contribution in [0.1, 0.15) is 25.3 Å². The van der Waals surface area contributed by atoms with Gasteiger partial charge in [-0.3, -0.25) is 4.79 Å². The van der Waals surface area contributed by atoms with E-state index < -0.39 is 0 Å². The van der Waals surface area contributed by atoms with Crippen LogP contribution in [0.2, 0.25) is 0 Å². The zero-order chi connectivity index (χ0) is 12.3. The number of fused-ring (bicyclic) bond motifs is 1. The molecule has 1 unspecified atom stereocenters. The van der Waals surface area contributed by atoms with Crippen molar-refractivity contribution in [3.8, 4) is 0 Å². The van der Waals surface area contributed by atoms with Crippen LogP contribution in [-0.4, -0.2) is 30.4 Å². The lowest BCUT2D eigenvalue weighted by Gasteiger charge is -2.29.